The Morgan fingerprint density at radius 1 is 0.656 bits per heavy atom. The van der Waals surface area contributed by atoms with E-state index in [9.17, 15) is 0 Å². The van der Waals surface area contributed by atoms with Crippen molar-refractivity contribution in [3.05, 3.63) is 103 Å². The molecule has 0 bridgehead atoms. The number of rotatable bonds is 3. The van der Waals surface area contributed by atoms with Gasteiger partial charge in [0.1, 0.15) is 17.0 Å². The summed E-state index contributed by atoms with van der Waals surface area (Å²) in [6.45, 7) is 1.94. The summed E-state index contributed by atoms with van der Waals surface area (Å²) in [5, 5.41) is 2.17. The molecule has 6 rings (SSSR count). The van der Waals surface area contributed by atoms with E-state index in [2.05, 4.69) is 41.4 Å². The van der Waals surface area contributed by atoms with Crippen molar-refractivity contribution in [2.45, 2.75) is 6.92 Å². The molecular formula is C28H19N3O. The van der Waals surface area contributed by atoms with E-state index < -0.39 is 0 Å². The Kier molecular flexibility index (Phi) is 4.29. The van der Waals surface area contributed by atoms with Crippen LogP contribution in [0.25, 0.3) is 55.6 Å². The van der Waals surface area contributed by atoms with Crippen LogP contribution in [0.1, 0.15) is 5.82 Å². The molecular weight excluding hydrogens is 394 g/mol. The quantitative estimate of drug-likeness (QED) is 0.311. The largest absolute Gasteiger partial charge is 0.456 e. The Bertz CT molecular complexity index is 1590. The number of aryl methyl sites for hydroxylation is 1. The summed E-state index contributed by atoms with van der Waals surface area (Å²) in [4.78, 5) is 13.9. The summed E-state index contributed by atoms with van der Waals surface area (Å²) >= 11 is 0. The minimum absolute atomic E-state index is 0.725. The van der Waals surface area contributed by atoms with E-state index in [-0.39, 0.29) is 0 Å². The van der Waals surface area contributed by atoms with E-state index >= 15 is 0 Å². The molecule has 0 atom stereocenters. The Morgan fingerprint density at radius 2 is 1.38 bits per heavy atom. The van der Waals surface area contributed by atoms with Crippen molar-refractivity contribution in [3.63, 3.8) is 0 Å². The van der Waals surface area contributed by atoms with E-state index in [1.807, 2.05) is 61.7 Å². The van der Waals surface area contributed by atoms with Gasteiger partial charge in [-0.3, -0.25) is 4.98 Å². The third-order valence-electron chi connectivity index (χ3n) is 5.69. The van der Waals surface area contributed by atoms with Crippen LogP contribution in [0.2, 0.25) is 0 Å². The number of hydrogen-bond acceptors (Lipinski definition) is 4. The lowest BCUT2D eigenvalue weighted by Crippen LogP contribution is -1.96. The minimum atomic E-state index is 0.725. The van der Waals surface area contributed by atoms with Gasteiger partial charge in [0, 0.05) is 39.9 Å². The summed E-state index contributed by atoms with van der Waals surface area (Å²) in [6, 6.07) is 28.6. The highest BCUT2D eigenvalue weighted by atomic mass is 16.3. The van der Waals surface area contributed by atoms with Gasteiger partial charge in [-0.25, -0.2) is 9.97 Å². The molecule has 0 fully saturated rings. The fraction of sp³-hybridized carbons (Fsp3) is 0.0357. The molecule has 0 aliphatic heterocycles. The van der Waals surface area contributed by atoms with Gasteiger partial charge in [-0.05, 0) is 36.8 Å². The topological polar surface area (TPSA) is 51.8 Å². The maximum atomic E-state index is 6.09. The fourth-order valence-corrected chi connectivity index (χ4v) is 4.31. The highest BCUT2D eigenvalue weighted by Gasteiger charge is 2.16. The third-order valence-corrected chi connectivity index (χ3v) is 5.69. The molecule has 0 amide bonds. The van der Waals surface area contributed by atoms with Crippen LogP contribution in [0.3, 0.4) is 0 Å². The van der Waals surface area contributed by atoms with Gasteiger partial charge in [-0.1, -0.05) is 60.7 Å². The first kappa shape index (κ1) is 18.5. The van der Waals surface area contributed by atoms with E-state index in [1.165, 1.54) is 0 Å². The predicted octanol–water partition coefficient (Wildman–Crippen LogP) is 7.08. The number of furan rings is 1. The van der Waals surface area contributed by atoms with Crippen LogP contribution in [0, 0.1) is 6.92 Å². The standard InChI is InChI=1S/C28H19N3O/c1-18-30-24(21-10-3-2-9-20(21)19-8-7-15-29-17-19)16-25(31-18)22-12-6-14-27-28(22)23-11-4-5-13-26(23)32-27/h2-17H,1H3. The van der Waals surface area contributed by atoms with Crippen molar-refractivity contribution in [3.8, 4) is 33.6 Å². The van der Waals surface area contributed by atoms with Crippen molar-refractivity contribution >= 4 is 21.9 Å². The SMILES string of the molecule is Cc1nc(-c2ccccc2-c2cccnc2)cc(-c2cccc3oc4ccccc4c23)n1. The van der Waals surface area contributed by atoms with Crippen LogP contribution < -0.4 is 0 Å². The number of aromatic nitrogens is 3. The number of pyridine rings is 1. The highest BCUT2D eigenvalue weighted by molar-refractivity contribution is 6.12. The molecule has 0 aliphatic carbocycles. The second-order valence-electron chi connectivity index (χ2n) is 7.75. The highest BCUT2D eigenvalue weighted by Crippen LogP contribution is 2.37. The van der Waals surface area contributed by atoms with Crippen LogP contribution in [0.4, 0.5) is 0 Å². The molecule has 0 saturated carbocycles. The van der Waals surface area contributed by atoms with Gasteiger partial charge >= 0.3 is 0 Å². The zero-order valence-corrected chi connectivity index (χ0v) is 17.5. The summed E-state index contributed by atoms with van der Waals surface area (Å²) < 4.78 is 6.09. The van der Waals surface area contributed by atoms with Crippen LogP contribution in [-0.2, 0) is 0 Å². The maximum Gasteiger partial charge on any atom is 0.136 e. The molecule has 32 heavy (non-hydrogen) atoms. The van der Waals surface area contributed by atoms with Crippen molar-refractivity contribution in [1.29, 1.82) is 0 Å². The van der Waals surface area contributed by atoms with Crippen LogP contribution >= 0.6 is 0 Å². The lowest BCUT2D eigenvalue weighted by molar-refractivity contribution is 0.669. The molecule has 6 aromatic rings. The molecule has 4 nitrogen and oxygen atoms in total. The van der Waals surface area contributed by atoms with Gasteiger partial charge in [-0.15, -0.1) is 0 Å². The van der Waals surface area contributed by atoms with Crippen molar-refractivity contribution < 1.29 is 4.42 Å². The summed E-state index contributed by atoms with van der Waals surface area (Å²) in [5.74, 6) is 0.725. The van der Waals surface area contributed by atoms with Gasteiger partial charge in [0.25, 0.3) is 0 Å². The first-order valence-corrected chi connectivity index (χ1v) is 10.5. The first-order chi connectivity index (χ1) is 15.8. The molecule has 0 unspecified atom stereocenters. The minimum Gasteiger partial charge on any atom is -0.456 e. The van der Waals surface area contributed by atoms with Crippen LogP contribution in [-0.4, -0.2) is 15.0 Å². The Balaban J connectivity index is 1.59. The molecule has 0 N–H and O–H groups in total. The Labute approximate surface area is 185 Å². The smallest absolute Gasteiger partial charge is 0.136 e. The van der Waals surface area contributed by atoms with E-state index in [0.717, 1.165) is 61.4 Å². The van der Waals surface area contributed by atoms with E-state index in [1.54, 1.807) is 6.20 Å². The Morgan fingerprint density at radius 3 is 2.22 bits per heavy atom. The number of para-hydroxylation sites is 1. The van der Waals surface area contributed by atoms with E-state index in [4.69, 9.17) is 14.4 Å². The average Bonchev–Trinajstić information content (AvgIpc) is 3.23. The lowest BCUT2D eigenvalue weighted by atomic mass is 9.97. The second-order valence-corrected chi connectivity index (χ2v) is 7.75. The normalized spacial score (nSPS) is 11.3. The lowest BCUT2D eigenvalue weighted by Gasteiger charge is -2.12. The van der Waals surface area contributed by atoms with Crippen molar-refractivity contribution in [1.82, 2.24) is 15.0 Å². The van der Waals surface area contributed by atoms with Crippen LogP contribution in [0.5, 0.6) is 0 Å². The van der Waals surface area contributed by atoms with Gasteiger partial charge in [0.15, 0.2) is 0 Å². The summed E-state index contributed by atoms with van der Waals surface area (Å²) in [7, 11) is 0. The van der Waals surface area contributed by atoms with Gasteiger partial charge < -0.3 is 4.42 Å². The summed E-state index contributed by atoms with van der Waals surface area (Å²) in [6.07, 6.45) is 3.67. The molecule has 0 saturated heterocycles. The number of benzene rings is 3. The number of fused-ring (bicyclic) bond motifs is 3. The number of hydrogen-bond donors (Lipinski definition) is 0. The van der Waals surface area contributed by atoms with E-state index in [0.29, 0.717) is 0 Å². The molecule has 4 heteroatoms. The molecule has 3 heterocycles. The number of nitrogens with zero attached hydrogens (tertiary/aromatic N) is 3. The first-order valence-electron chi connectivity index (χ1n) is 10.5. The maximum absolute atomic E-state index is 6.09. The zero-order valence-electron chi connectivity index (χ0n) is 17.5. The molecule has 0 spiro atoms. The molecule has 0 aliphatic rings. The Hall–Kier alpha value is -4.31. The van der Waals surface area contributed by atoms with Gasteiger partial charge in [-0.2, -0.15) is 0 Å². The summed E-state index contributed by atoms with van der Waals surface area (Å²) in [5.41, 5.74) is 7.75. The fourth-order valence-electron chi connectivity index (χ4n) is 4.31. The third kappa shape index (κ3) is 3.05. The van der Waals surface area contributed by atoms with Crippen molar-refractivity contribution in [2.24, 2.45) is 0 Å². The molecule has 0 radical (unpaired) electrons. The molecule has 3 aromatic carbocycles. The predicted molar refractivity (Wildman–Crippen MR) is 128 cm³/mol. The zero-order chi connectivity index (χ0) is 21.5. The van der Waals surface area contributed by atoms with Crippen molar-refractivity contribution in [2.75, 3.05) is 0 Å². The monoisotopic (exact) mass is 413 g/mol. The van der Waals surface area contributed by atoms with Gasteiger partial charge in [0.2, 0.25) is 0 Å². The molecule has 152 valence electrons. The average molecular weight is 413 g/mol. The second kappa shape index (κ2) is 7.43. The van der Waals surface area contributed by atoms with Gasteiger partial charge in [0.05, 0.1) is 11.4 Å². The molecule has 3 aromatic heterocycles. The van der Waals surface area contributed by atoms with Crippen LogP contribution in [0.15, 0.2) is 102 Å².